The Hall–Kier alpha value is -3.01. The van der Waals surface area contributed by atoms with Crippen molar-refractivity contribution in [1.29, 1.82) is 0 Å². The van der Waals surface area contributed by atoms with Crippen LogP contribution >= 0.6 is 0 Å². The average molecular weight is 332 g/mol. The molecule has 4 heteroatoms. The number of aromatic hydroxyl groups is 1. The third-order valence-electron chi connectivity index (χ3n) is 4.28. The number of anilines is 2. The molecule has 0 amide bonds. The number of aromatic nitrogens is 1. The van der Waals surface area contributed by atoms with E-state index in [-0.39, 0.29) is 5.75 Å². The normalized spacial score (nSPS) is 13.4. The van der Waals surface area contributed by atoms with Crippen LogP contribution in [0, 0.1) is 0 Å². The fourth-order valence-electron chi connectivity index (χ4n) is 2.86. The molecule has 1 heterocycles. The predicted octanol–water partition coefficient (Wildman–Crippen LogP) is 4.99. The standard InChI is InChI=1S/C21H20N2O2/c24-18-6-3-5-16(12-18)23-21-10-9-19(13-20(21)15-7-8-15)25-14-17-4-1-2-11-22-17/h1-6,9-13,15,23-24H,7-8,14H2. The topological polar surface area (TPSA) is 54.4 Å². The van der Waals surface area contributed by atoms with Gasteiger partial charge in [-0.1, -0.05) is 12.1 Å². The van der Waals surface area contributed by atoms with E-state index in [1.54, 1.807) is 18.3 Å². The summed E-state index contributed by atoms with van der Waals surface area (Å²) in [5, 5.41) is 13.0. The summed E-state index contributed by atoms with van der Waals surface area (Å²) in [6.45, 7) is 0.463. The molecule has 1 saturated carbocycles. The lowest BCUT2D eigenvalue weighted by molar-refractivity contribution is 0.301. The number of hydrogen-bond donors (Lipinski definition) is 2. The number of benzene rings is 2. The molecule has 3 aromatic rings. The first-order valence-corrected chi connectivity index (χ1v) is 8.51. The van der Waals surface area contributed by atoms with E-state index in [4.69, 9.17) is 4.74 Å². The smallest absolute Gasteiger partial charge is 0.130 e. The van der Waals surface area contributed by atoms with Crippen LogP contribution in [-0.4, -0.2) is 10.1 Å². The van der Waals surface area contributed by atoms with Gasteiger partial charge in [-0.25, -0.2) is 0 Å². The van der Waals surface area contributed by atoms with Crippen LogP contribution < -0.4 is 10.1 Å². The summed E-state index contributed by atoms with van der Waals surface area (Å²) in [6.07, 6.45) is 4.19. The Morgan fingerprint density at radius 1 is 1.04 bits per heavy atom. The van der Waals surface area contributed by atoms with E-state index in [0.717, 1.165) is 22.8 Å². The molecule has 0 unspecified atom stereocenters. The number of phenolic OH excluding ortho intramolecular Hbond substituents is 1. The zero-order valence-corrected chi connectivity index (χ0v) is 13.9. The summed E-state index contributed by atoms with van der Waals surface area (Å²) in [5.41, 5.74) is 4.13. The monoisotopic (exact) mass is 332 g/mol. The maximum atomic E-state index is 9.64. The van der Waals surface area contributed by atoms with Gasteiger partial charge in [0.15, 0.2) is 0 Å². The number of rotatable bonds is 6. The quantitative estimate of drug-likeness (QED) is 0.668. The van der Waals surface area contributed by atoms with E-state index in [0.29, 0.717) is 12.5 Å². The number of pyridine rings is 1. The molecule has 0 radical (unpaired) electrons. The van der Waals surface area contributed by atoms with E-state index in [1.807, 2.05) is 42.5 Å². The third kappa shape index (κ3) is 3.91. The Labute approximate surface area is 147 Å². The van der Waals surface area contributed by atoms with E-state index >= 15 is 0 Å². The maximum absolute atomic E-state index is 9.64. The van der Waals surface area contributed by atoms with Crippen LogP contribution in [0.4, 0.5) is 11.4 Å². The molecule has 4 rings (SSSR count). The number of nitrogens with one attached hydrogen (secondary N) is 1. The highest BCUT2D eigenvalue weighted by molar-refractivity contribution is 5.66. The van der Waals surface area contributed by atoms with Crippen molar-refractivity contribution in [3.63, 3.8) is 0 Å². The number of nitrogens with zero attached hydrogens (tertiary/aromatic N) is 1. The molecular weight excluding hydrogens is 312 g/mol. The third-order valence-corrected chi connectivity index (χ3v) is 4.28. The Morgan fingerprint density at radius 2 is 1.96 bits per heavy atom. The van der Waals surface area contributed by atoms with Crippen LogP contribution in [0.3, 0.4) is 0 Å². The van der Waals surface area contributed by atoms with Crippen LogP contribution in [0.25, 0.3) is 0 Å². The number of phenols is 1. The second-order valence-electron chi connectivity index (χ2n) is 6.31. The van der Waals surface area contributed by atoms with Crippen molar-refractivity contribution in [1.82, 2.24) is 4.98 Å². The molecule has 0 aliphatic heterocycles. The van der Waals surface area contributed by atoms with Crippen molar-refractivity contribution in [2.75, 3.05) is 5.32 Å². The van der Waals surface area contributed by atoms with Crippen molar-refractivity contribution < 1.29 is 9.84 Å². The fraction of sp³-hybridized carbons (Fsp3) is 0.190. The van der Waals surface area contributed by atoms with Crippen LogP contribution in [0.2, 0.25) is 0 Å². The molecule has 4 nitrogen and oxygen atoms in total. The lowest BCUT2D eigenvalue weighted by Gasteiger charge is -2.14. The van der Waals surface area contributed by atoms with Crippen LogP contribution in [-0.2, 0) is 6.61 Å². The SMILES string of the molecule is Oc1cccc(Nc2ccc(OCc3ccccn3)cc2C2CC2)c1. The van der Waals surface area contributed by atoms with Gasteiger partial charge in [-0.15, -0.1) is 0 Å². The van der Waals surface area contributed by atoms with Gasteiger partial charge in [0, 0.05) is 23.6 Å². The molecule has 1 aromatic heterocycles. The molecule has 0 bridgehead atoms. The van der Waals surface area contributed by atoms with E-state index in [1.165, 1.54) is 18.4 Å². The van der Waals surface area contributed by atoms with Gasteiger partial charge in [0.1, 0.15) is 18.1 Å². The zero-order valence-electron chi connectivity index (χ0n) is 13.9. The molecule has 2 N–H and O–H groups in total. The van der Waals surface area contributed by atoms with Crippen LogP contribution in [0.15, 0.2) is 66.9 Å². The minimum Gasteiger partial charge on any atom is -0.508 e. The highest BCUT2D eigenvalue weighted by atomic mass is 16.5. The summed E-state index contributed by atoms with van der Waals surface area (Å²) < 4.78 is 5.90. The van der Waals surface area contributed by atoms with Crippen molar-refractivity contribution in [2.24, 2.45) is 0 Å². The summed E-state index contributed by atoms with van der Waals surface area (Å²) in [5.74, 6) is 1.69. The minimum absolute atomic E-state index is 0.258. The lowest BCUT2D eigenvalue weighted by atomic mass is 10.1. The van der Waals surface area contributed by atoms with Crippen molar-refractivity contribution in [3.8, 4) is 11.5 Å². The molecule has 0 saturated heterocycles. The molecular formula is C21H20N2O2. The Morgan fingerprint density at radius 3 is 2.72 bits per heavy atom. The minimum atomic E-state index is 0.258. The summed E-state index contributed by atoms with van der Waals surface area (Å²) in [4.78, 5) is 4.28. The van der Waals surface area contributed by atoms with Crippen molar-refractivity contribution in [3.05, 3.63) is 78.1 Å². The van der Waals surface area contributed by atoms with Gasteiger partial charge in [-0.2, -0.15) is 0 Å². The Kier molecular flexibility index (Phi) is 4.25. The first-order chi connectivity index (χ1) is 12.3. The number of hydrogen-bond acceptors (Lipinski definition) is 4. The Bertz CT molecular complexity index is 861. The van der Waals surface area contributed by atoms with E-state index in [9.17, 15) is 5.11 Å². The highest BCUT2D eigenvalue weighted by Crippen LogP contribution is 2.45. The largest absolute Gasteiger partial charge is 0.508 e. The molecule has 0 spiro atoms. The predicted molar refractivity (Wildman–Crippen MR) is 98.4 cm³/mol. The van der Waals surface area contributed by atoms with Crippen LogP contribution in [0.5, 0.6) is 11.5 Å². The van der Waals surface area contributed by atoms with Gasteiger partial charge in [0.25, 0.3) is 0 Å². The number of ether oxygens (including phenoxy) is 1. The zero-order chi connectivity index (χ0) is 17.1. The molecule has 2 aromatic carbocycles. The van der Waals surface area contributed by atoms with Gasteiger partial charge < -0.3 is 15.2 Å². The van der Waals surface area contributed by atoms with Gasteiger partial charge in [-0.3, -0.25) is 4.98 Å². The molecule has 126 valence electrons. The average Bonchev–Trinajstić information content (AvgIpc) is 3.47. The Balaban J connectivity index is 1.52. The second-order valence-corrected chi connectivity index (χ2v) is 6.31. The van der Waals surface area contributed by atoms with Crippen molar-refractivity contribution in [2.45, 2.75) is 25.4 Å². The summed E-state index contributed by atoms with van der Waals surface area (Å²) in [6, 6.07) is 19.1. The second kappa shape index (κ2) is 6.85. The highest BCUT2D eigenvalue weighted by Gasteiger charge is 2.26. The molecule has 25 heavy (non-hydrogen) atoms. The molecule has 1 aliphatic carbocycles. The van der Waals surface area contributed by atoms with E-state index in [2.05, 4.69) is 16.4 Å². The summed E-state index contributed by atoms with van der Waals surface area (Å²) >= 11 is 0. The summed E-state index contributed by atoms with van der Waals surface area (Å²) in [7, 11) is 0. The first kappa shape index (κ1) is 15.5. The van der Waals surface area contributed by atoms with Gasteiger partial charge in [-0.05, 0) is 66.8 Å². The van der Waals surface area contributed by atoms with Gasteiger partial charge in [0.05, 0.1) is 5.69 Å². The molecule has 1 fully saturated rings. The molecule has 0 atom stereocenters. The fourth-order valence-corrected chi connectivity index (χ4v) is 2.86. The van der Waals surface area contributed by atoms with Gasteiger partial charge in [0.2, 0.25) is 0 Å². The van der Waals surface area contributed by atoms with Gasteiger partial charge >= 0.3 is 0 Å². The lowest BCUT2D eigenvalue weighted by Crippen LogP contribution is -2.00. The maximum Gasteiger partial charge on any atom is 0.130 e. The van der Waals surface area contributed by atoms with E-state index < -0.39 is 0 Å². The first-order valence-electron chi connectivity index (χ1n) is 8.51. The molecule has 1 aliphatic rings. The van der Waals surface area contributed by atoms with Crippen LogP contribution in [0.1, 0.15) is 30.0 Å². The van der Waals surface area contributed by atoms with Crippen molar-refractivity contribution >= 4 is 11.4 Å².